The molecule has 1 heteroatoms. The topological polar surface area (TPSA) is 0 Å². The van der Waals surface area contributed by atoms with Crippen LogP contribution in [-0.2, 0) is 6.42 Å². The van der Waals surface area contributed by atoms with Crippen molar-refractivity contribution in [2.24, 2.45) is 0 Å². The summed E-state index contributed by atoms with van der Waals surface area (Å²) in [4.78, 5) is 0. The molecule has 0 radical (unpaired) electrons. The van der Waals surface area contributed by atoms with Crippen molar-refractivity contribution in [2.45, 2.75) is 51.2 Å². The molecule has 0 nitrogen and oxygen atoms in total. The monoisotopic (exact) mass is 236 g/mol. The number of hydrogen-bond donors (Lipinski definition) is 0. The molecule has 0 saturated heterocycles. The Balaban J connectivity index is 2.01. The Morgan fingerprint density at radius 3 is 2.25 bits per heavy atom. The van der Waals surface area contributed by atoms with Crippen molar-refractivity contribution in [2.75, 3.05) is 5.75 Å². The molecule has 1 rings (SSSR count). The van der Waals surface area contributed by atoms with Gasteiger partial charge in [-0.1, -0.05) is 57.5 Å². The predicted octanol–water partition coefficient (Wildman–Crippen LogP) is 4.93. The van der Waals surface area contributed by atoms with Crippen LogP contribution >= 0.6 is 11.8 Å². The van der Waals surface area contributed by atoms with Crippen LogP contribution in [0.25, 0.3) is 0 Å². The molecule has 1 aromatic carbocycles. The zero-order valence-electron chi connectivity index (χ0n) is 10.8. The fourth-order valence-electron chi connectivity index (χ4n) is 1.63. The molecule has 0 heterocycles. The van der Waals surface area contributed by atoms with Gasteiger partial charge in [-0.05, 0) is 30.6 Å². The molecule has 0 spiro atoms. The summed E-state index contributed by atoms with van der Waals surface area (Å²) in [5.74, 6) is 1.30. The Bertz CT molecular complexity index is 271. The Labute approximate surface area is 105 Å². The SMILES string of the molecule is CC(C)(C)SCCCCCc1ccccc1. The first-order chi connectivity index (χ1) is 7.58. The van der Waals surface area contributed by atoms with Gasteiger partial charge in [-0.25, -0.2) is 0 Å². The van der Waals surface area contributed by atoms with Crippen LogP contribution in [0.5, 0.6) is 0 Å². The first kappa shape index (κ1) is 13.6. The number of unbranched alkanes of at least 4 members (excludes halogenated alkanes) is 2. The maximum Gasteiger partial charge on any atom is 0.00750 e. The van der Waals surface area contributed by atoms with Gasteiger partial charge in [0.25, 0.3) is 0 Å². The largest absolute Gasteiger partial charge is 0.156 e. The van der Waals surface area contributed by atoms with Crippen LogP contribution in [0.2, 0.25) is 0 Å². The van der Waals surface area contributed by atoms with Crippen LogP contribution in [-0.4, -0.2) is 10.5 Å². The van der Waals surface area contributed by atoms with Crippen LogP contribution in [0.3, 0.4) is 0 Å². The third-order valence-corrected chi connectivity index (χ3v) is 3.85. The Morgan fingerprint density at radius 1 is 0.938 bits per heavy atom. The average molecular weight is 236 g/mol. The van der Waals surface area contributed by atoms with E-state index in [-0.39, 0.29) is 0 Å². The second kappa shape index (κ2) is 7.01. The van der Waals surface area contributed by atoms with Gasteiger partial charge in [0.15, 0.2) is 0 Å². The number of aryl methyl sites for hydroxylation is 1. The standard InChI is InChI=1S/C15H24S/c1-15(2,3)16-13-9-5-8-12-14-10-6-4-7-11-14/h4,6-7,10-11H,5,8-9,12-13H2,1-3H3. The van der Waals surface area contributed by atoms with E-state index in [1.165, 1.54) is 37.0 Å². The molecule has 0 aliphatic heterocycles. The normalized spacial score (nSPS) is 11.7. The van der Waals surface area contributed by atoms with Crippen molar-refractivity contribution in [3.8, 4) is 0 Å². The first-order valence-corrected chi connectivity index (χ1v) is 7.24. The van der Waals surface area contributed by atoms with Gasteiger partial charge in [0.2, 0.25) is 0 Å². The number of thioether (sulfide) groups is 1. The molecular formula is C15H24S. The molecule has 0 saturated carbocycles. The van der Waals surface area contributed by atoms with Gasteiger partial charge < -0.3 is 0 Å². The highest BCUT2D eigenvalue weighted by Crippen LogP contribution is 2.24. The van der Waals surface area contributed by atoms with E-state index in [1.54, 1.807) is 0 Å². The minimum Gasteiger partial charge on any atom is -0.156 e. The highest BCUT2D eigenvalue weighted by atomic mass is 32.2. The van der Waals surface area contributed by atoms with Crippen molar-refractivity contribution in [1.82, 2.24) is 0 Å². The van der Waals surface area contributed by atoms with Crippen molar-refractivity contribution >= 4 is 11.8 Å². The number of rotatable bonds is 6. The smallest absolute Gasteiger partial charge is 0.00750 e. The Kier molecular flexibility index (Phi) is 5.97. The van der Waals surface area contributed by atoms with Gasteiger partial charge in [0.05, 0.1) is 0 Å². The molecule has 0 atom stereocenters. The Morgan fingerprint density at radius 2 is 1.62 bits per heavy atom. The summed E-state index contributed by atoms with van der Waals surface area (Å²) in [5.41, 5.74) is 1.48. The minimum atomic E-state index is 0.430. The summed E-state index contributed by atoms with van der Waals surface area (Å²) in [7, 11) is 0. The van der Waals surface area contributed by atoms with E-state index in [0.29, 0.717) is 4.75 Å². The van der Waals surface area contributed by atoms with Crippen LogP contribution in [0.15, 0.2) is 30.3 Å². The molecule has 0 aromatic heterocycles. The van der Waals surface area contributed by atoms with E-state index in [0.717, 1.165) is 0 Å². The van der Waals surface area contributed by atoms with Crippen molar-refractivity contribution in [1.29, 1.82) is 0 Å². The van der Waals surface area contributed by atoms with Gasteiger partial charge in [-0.3, -0.25) is 0 Å². The zero-order chi connectivity index (χ0) is 11.9. The van der Waals surface area contributed by atoms with Gasteiger partial charge >= 0.3 is 0 Å². The van der Waals surface area contributed by atoms with Crippen LogP contribution in [0.1, 0.15) is 45.6 Å². The molecule has 0 amide bonds. The van der Waals surface area contributed by atoms with E-state index >= 15 is 0 Å². The fourth-order valence-corrected chi connectivity index (χ4v) is 2.59. The number of benzene rings is 1. The zero-order valence-corrected chi connectivity index (χ0v) is 11.6. The summed E-state index contributed by atoms with van der Waals surface area (Å²) in [6.45, 7) is 6.88. The lowest BCUT2D eigenvalue weighted by Crippen LogP contribution is -2.08. The molecule has 0 N–H and O–H groups in total. The molecule has 1 aromatic rings. The van der Waals surface area contributed by atoms with Crippen LogP contribution in [0.4, 0.5) is 0 Å². The molecule has 0 unspecified atom stereocenters. The van der Waals surface area contributed by atoms with Crippen LogP contribution in [0, 0.1) is 0 Å². The van der Waals surface area contributed by atoms with Gasteiger partial charge in [0, 0.05) is 4.75 Å². The highest BCUT2D eigenvalue weighted by molar-refractivity contribution is 8.00. The van der Waals surface area contributed by atoms with E-state index < -0.39 is 0 Å². The minimum absolute atomic E-state index is 0.430. The van der Waals surface area contributed by atoms with Gasteiger partial charge in [-0.2, -0.15) is 11.8 Å². The summed E-state index contributed by atoms with van der Waals surface area (Å²) in [6.07, 6.45) is 5.28. The van der Waals surface area contributed by atoms with Crippen LogP contribution < -0.4 is 0 Å². The lowest BCUT2D eigenvalue weighted by atomic mass is 10.1. The van der Waals surface area contributed by atoms with E-state index in [4.69, 9.17) is 0 Å². The van der Waals surface area contributed by atoms with E-state index in [1.807, 2.05) is 0 Å². The molecule has 0 bridgehead atoms. The second-order valence-corrected chi connectivity index (χ2v) is 7.18. The molecule has 0 aliphatic rings. The quantitative estimate of drug-likeness (QED) is 0.631. The average Bonchev–Trinajstić information content (AvgIpc) is 2.23. The molecule has 0 aliphatic carbocycles. The predicted molar refractivity (Wildman–Crippen MR) is 76.2 cm³/mol. The van der Waals surface area contributed by atoms with Crippen molar-refractivity contribution in [3.05, 3.63) is 35.9 Å². The van der Waals surface area contributed by atoms with Gasteiger partial charge in [-0.15, -0.1) is 0 Å². The van der Waals surface area contributed by atoms with E-state index in [9.17, 15) is 0 Å². The highest BCUT2D eigenvalue weighted by Gasteiger charge is 2.08. The maximum atomic E-state index is 2.29. The third-order valence-electron chi connectivity index (χ3n) is 2.49. The third kappa shape index (κ3) is 6.95. The summed E-state index contributed by atoms with van der Waals surface area (Å²) >= 11 is 2.08. The summed E-state index contributed by atoms with van der Waals surface area (Å²) in [6, 6.07) is 10.8. The lowest BCUT2D eigenvalue weighted by molar-refractivity contribution is 0.717. The molecule has 90 valence electrons. The van der Waals surface area contributed by atoms with Crippen molar-refractivity contribution < 1.29 is 0 Å². The fraction of sp³-hybridized carbons (Fsp3) is 0.600. The number of hydrogen-bond acceptors (Lipinski definition) is 1. The first-order valence-electron chi connectivity index (χ1n) is 6.26. The summed E-state index contributed by atoms with van der Waals surface area (Å²) in [5, 5.41) is 0. The van der Waals surface area contributed by atoms with Gasteiger partial charge in [0.1, 0.15) is 0 Å². The van der Waals surface area contributed by atoms with E-state index in [2.05, 4.69) is 62.9 Å². The summed E-state index contributed by atoms with van der Waals surface area (Å²) < 4.78 is 0.430. The second-order valence-electron chi connectivity index (χ2n) is 5.26. The maximum absolute atomic E-state index is 2.29. The molecular weight excluding hydrogens is 212 g/mol. The van der Waals surface area contributed by atoms with Crippen molar-refractivity contribution in [3.63, 3.8) is 0 Å². The lowest BCUT2D eigenvalue weighted by Gasteiger charge is -2.17. The molecule has 0 fully saturated rings. The Hall–Kier alpha value is -0.430. The molecule has 16 heavy (non-hydrogen) atoms.